The number of hydrogen-bond donors (Lipinski definition) is 0. The van der Waals surface area contributed by atoms with Crippen molar-refractivity contribution in [2.45, 2.75) is 11.0 Å². The van der Waals surface area contributed by atoms with Crippen LogP contribution in [0.2, 0.25) is 0 Å². The lowest BCUT2D eigenvalue weighted by Gasteiger charge is -2.05. The van der Waals surface area contributed by atoms with Gasteiger partial charge in [0.1, 0.15) is 5.75 Å². The third-order valence-electron chi connectivity index (χ3n) is 2.97. The molecule has 0 aliphatic carbocycles. The van der Waals surface area contributed by atoms with Crippen LogP contribution >= 0.6 is 11.8 Å². The fourth-order valence-corrected chi connectivity index (χ4v) is 2.68. The number of para-hydroxylation sites is 1. The third-order valence-corrected chi connectivity index (χ3v) is 3.84. The summed E-state index contributed by atoms with van der Waals surface area (Å²) in [6, 6.07) is 17.7. The topological polar surface area (TPSA) is 48.2 Å². The van der Waals surface area contributed by atoms with Gasteiger partial charge >= 0.3 is 0 Å². The first-order chi connectivity index (χ1) is 10.4. The maximum absolute atomic E-state index is 5.66. The molecule has 1 heterocycles. The second-order valence-corrected chi connectivity index (χ2v) is 5.27. The van der Waals surface area contributed by atoms with Gasteiger partial charge in [0.2, 0.25) is 5.89 Å². The zero-order valence-corrected chi connectivity index (χ0v) is 12.3. The zero-order valence-electron chi connectivity index (χ0n) is 11.5. The van der Waals surface area contributed by atoms with Crippen LogP contribution in [0.1, 0.15) is 5.56 Å². The van der Waals surface area contributed by atoms with Gasteiger partial charge in [0.15, 0.2) is 0 Å². The van der Waals surface area contributed by atoms with Gasteiger partial charge in [-0.25, -0.2) is 0 Å². The first kappa shape index (κ1) is 13.7. The van der Waals surface area contributed by atoms with Gasteiger partial charge in [0.25, 0.3) is 5.22 Å². The molecule has 0 aliphatic heterocycles. The van der Waals surface area contributed by atoms with Crippen molar-refractivity contribution in [3.05, 3.63) is 60.2 Å². The lowest BCUT2D eigenvalue weighted by molar-refractivity contribution is 0.411. The van der Waals surface area contributed by atoms with Crippen LogP contribution in [0.25, 0.3) is 11.5 Å². The molecule has 0 N–H and O–H groups in total. The molecule has 5 heteroatoms. The van der Waals surface area contributed by atoms with Gasteiger partial charge in [0, 0.05) is 16.9 Å². The molecule has 4 nitrogen and oxygen atoms in total. The molecule has 2 aromatic carbocycles. The number of rotatable bonds is 5. The largest absolute Gasteiger partial charge is 0.496 e. The predicted octanol–water partition coefficient (Wildman–Crippen LogP) is 4.04. The molecular weight excluding hydrogens is 284 g/mol. The number of methoxy groups -OCH3 is 1. The Bertz CT molecular complexity index is 713. The van der Waals surface area contributed by atoms with Gasteiger partial charge in [-0.15, -0.1) is 10.2 Å². The maximum atomic E-state index is 5.66. The fraction of sp³-hybridized carbons (Fsp3) is 0.125. The van der Waals surface area contributed by atoms with E-state index in [-0.39, 0.29) is 0 Å². The number of aromatic nitrogens is 2. The molecule has 0 saturated carbocycles. The minimum atomic E-state index is 0.540. The summed E-state index contributed by atoms with van der Waals surface area (Å²) in [5.74, 6) is 2.13. The lowest BCUT2D eigenvalue weighted by Crippen LogP contribution is -1.89. The van der Waals surface area contributed by atoms with Crippen molar-refractivity contribution in [2.24, 2.45) is 0 Å². The number of nitrogens with zero attached hydrogens (tertiary/aromatic N) is 2. The standard InChI is InChI=1S/C16H14N2O2S/c1-19-14-10-6-5-9-13(14)11-21-16-18-17-15(20-16)12-7-3-2-4-8-12/h2-10H,11H2,1H3. The minimum absolute atomic E-state index is 0.540. The smallest absolute Gasteiger partial charge is 0.277 e. The lowest BCUT2D eigenvalue weighted by atomic mass is 10.2. The van der Waals surface area contributed by atoms with Crippen LogP contribution in [-0.4, -0.2) is 17.3 Å². The first-order valence-electron chi connectivity index (χ1n) is 6.50. The molecule has 0 bridgehead atoms. The second kappa shape index (κ2) is 6.45. The highest BCUT2D eigenvalue weighted by Crippen LogP contribution is 2.28. The summed E-state index contributed by atoms with van der Waals surface area (Å²) in [5, 5.41) is 8.70. The second-order valence-electron chi connectivity index (χ2n) is 4.34. The van der Waals surface area contributed by atoms with E-state index in [1.807, 2.05) is 54.6 Å². The number of thioether (sulfide) groups is 1. The van der Waals surface area contributed by atoms with E-state index in [1.54, 1.807) is 7.11 Å². The van der Waals surface area contributed by atoms with Crippen molar-refractivity contribution >= 4 is 11.8 Å². The van der Waals surface area contributed by atoms with Crippen molar-refractivity contribution < 1.29 is 9.15 Å². The Balaban J connectivity index is 1.71. The van der Waals surface area contributed by atoms with E-state index in [2.05, 4.69) is 10.2 Å². The molecular formula is C16H14N2O2S. The highest BCUT2D eigenvalue weighted by Gasteiger charge is 2.10. The predicted molar refractivity (Wildman–Crippen MR) is 82.3 cm³/mol. The van der Waals surface area contributed by atoms with Gasteiger partial charge < -0.3 is 9.15 Å². The summed E-state index contributed by atoms with van der Waals surface area (Å²) in [6.07, 6.45) is 0. The van der Waals surface area contributed by atoms with E-state index in [9.17, 15) is 0 Å². The molecule has 106 valence electrons. The van der Waals surface area contributed by atoms with Crippen molar-refractivity contribution in [2.75, 3.05) is 7.11 Å². The van der Waals surface area contributed by atoms with Crippen LogP contribution in [0.4, 0.5) is 0 Å². The molecule has 0 atom stereocenters. The zero-order chi connectivity index (χ0) is 14.5. The molecule has 0 amide bonds. The Morgan fingerprint density at radius 2 is 1.76 bits per heavy atom. The summed E-state index contributed by atoms with van der Waals surface area (Å²) in [4.78, 5) is 0. The highest BCUT2D eigenvalue weighted by molar-refractivity contribution is 7.98. The van der Waals surface area contributed by atoms with Gasteiger partial charge in [0.05, 0.1) is 7.11 Å². The minimum Gasteiger partial charge on any atom is -0.496 e. The molecule has 3 rings (SSSR count). The summed E-state index contributed by atoms with van der Waals surface area (Å²) >= 11 is 1.50. The number of benzene rings is 2. The monoisotopic (exact) mass is 298 g/mol. The quantitative estimate of drug-likeness (QED) is 0.665. The Labute approximate surface area is 127 Å². The van der Waals surface area contributed by atoms with E-state index in [4.69, 9.17) is 9.15 Å². The SMILES string of the molecule is COc1ccccc1CSc1nnc(-c2ccccc2)o1. The Morgan fingerprint density at radius 3 is 2.57 bits per heavy atom. The van der Waals surface area contributed by atoms with E-state index in [1.165, 1.54) is 11.8 Å². The van der Waals surface area contributed by atoms with E-state index >= 15 is 0 Å². The molecule has 0 saturated heterocycles. The average Bonchev–Trinajstić information content (AvgIpc) is 3.03. The van der Waals surface area contributed by atoms with Crippen LogP contribution in [0.3, 0.4) is 0 Å². The Kier molecular flexibility index (Phi) is 4.21. The van der Waals surface area contributed by atoms with Crippen LogP contribution in [-0.2, 0) is 5.75 Å². The van der Waals surface area contributed by atoms with Gasteiger partial charge in [-0.05, 0) is 18.2 Å². The average molecular weight is 298 g/mol. The molecule has 0 aliphatic rings. The summed E-state index contributed by atoms with van der Waals surface area (Å²) in [5.41, 5.74) is 2.03. The van der Waals surface area contributed by atoms with Crippen LogP contribution in [0.15, 0.2) is 64.2 Å². The summed E-state index contributed by atoms with van der Waals surface area (Å²) < 4.78 is 11.0. The maximum Gasteiger partial charge on any atom is 0.277 e. The third kappa shape index (κ3) is 3.25. The number of ether oxygens (including phenoxy) is 1. The Morgan fingerprint density at radius 1 is 1.00 bits per heavy atom. The molecule has 0 unspecified atom stereocenters. The van der Waals surface area contributed by atoms with Crippen molar-refractivity contribution in [1.29, 1.82) is 0 Å². The first-order valence-corrected chi connectivity index (χ1v) is 7.49. The van der Waals surface area contributed by atoms with Crippen LogP contribution in [0, 0.1) is 0 Å². The van der Waals surface area contributed by atoms with E-state index in [0.717, 1.165) is 22.6 Å². The molecule has 1 aromatic heterocycles. The van der Waals surface area contributed by atoms with Crippen molar-refractivity contribution in [3.8, 4) is 17.2 Å². The van der Waals surface area contributed by atoms with Gasteiger partial charge in [-0.2, -0.15) is 0 Å². The normalized spacial score (nSPS) is 10.5. The van der Waals surface area contributed by atoms with E-state index < -0.39 is 0 Å². The molecule has 3 aromatic rings. The molecule has 0 fully saturated rings. The van der Waals surface area contributed by atoms with Crippen LogP contribution in [0.5, 0.6) is 5.75 Å². The van der Waals surface area contributed by atoms with Gasteiger partial charge in [-0.1, -0.05) is 48.2 Å². The number of hydrogen-bond acceptors (Lipinski definition) is 5. The summed E-state index contributed by atoms with van der Waals surface area (Å²) in [7, 11) is 1.67. The summed E-state index contributed by atoms with van der Waals surface area (Å²) in [6.45, 7) is 0. The van der Waals surface area contributed by atoms with Crippen molar-refractivity contribution in [1.82, 2.24) is 10.2 Å². The highest BCUT2D eigenvalue weighted by atomic mass is 32.2. The van der Waals surface area contributed by atoms with Crippen LogP contribution < -0.4 is 4.74 Å². The molecule has 0 radical (unpaired) electrons. The van der Waals surface area contributed by atoms with Gasteiger partial charge in [-0.3, -0.25) is 0 Å². The fourth-order valence-electron chi connectivity index (χ4n) is 1.93. The van der Waals surface area contributed by atoms with Crippen molar-refractivity contribution in [3.63, 3.8) is 0 Å². The molecule has 21 heavy (non-hydrogen) atoms. The molecule has 0 spiro atoms. The Hall–Kier alpha value is -2.27. The van der Waals surface area contributed by atoms with E-state index in [0.29, 0.717) is 11.1 Å².